The standard InChI is InChI=1S/C16H24BrNO2/c1-12-5-7-16(8-6-12)20-11-15(19)10-18-14-4-2-3-13(17)9-14/h2-4,9,12,15-16,18-19H,5-8,10-11H2,1H3. The summed E-state index contributed by atoms with van der Waals surface area (Å²) in [5, 5.41) is 13.2. The molecule has 0 bridgehead atoms. The van der Waals surface area contributed by atoms with Crippen molar-refractivity contribution in [2.75, 3.05) is 18.5 Å². The van der Waals surface area contributed by atoms with Crippen LogP contribution in [-0.2, 0) is 4.74 Å². The third-order valence-corrected chi connectivity index (χ3v) is 4.35. The summed E-state index contributed by atoms with van der Waals surface area (Å²) in [5.74, 6) is 0.831. The number of aliphatic hydroxyl groups is 1. The summed E-state index contributed by atoms with van der Waals surface area (Å²) >= 11 is 3.43. The molecule has 20 heavy (non-hydrogen) atoms. The Kier molecular flexibility index (Phi) is 6.33. The van der Waals surface area contributed by atoms with Crippen LogP contribution in [0.15, 0.2) is 28.7 Å². The van der Waals surface area contributed by atoms with Gasteiger partial charge < -0.3 is 15.2 Å². The van der Waals surface area contributed by atoms with Gasteiger partial charge in [0.1, 0.15) is 0 Å². The molecule has 3 nitrogen and oxygen atoms in total. The number of hydrogen-bond acceptors (Lipinski definition) is 3. The SMILES string of the molecule is CC1CCC(OCC(O)CNc2cccc(Br)c2)CC1. The van der Waals surface area contributed by atoms with Gasteiger partial charge in [0.15, 0.2) is 0 Å². The topological polar surface area (TPSA) is 41.5 Å². The zero-order chi connectivity index (χ0) is 14.4. The molecule has 0 saturated heterocycles. The van der Waals surface area contributed by atoms with Gasteiger partial charge >= 0.3 is 0 Å². The molecule has 112 valence electrons. The minimum Gasteiger partial charge on any atom is -0.389 e. The van der Waals surface area contributed by atoms with E-state index in [0.717, 1.165) is 28.9 Å². The Morgan fingerprint density at radius 3 is 2.80 bits per heavy atom. The molecule has 2 N–H and O–H groups in total. The van der Waals surface area contributed by atoms with Crippen molar-refractivity contribution >= 4 is 21.6 Å². The van der Waals surface area contributed by atoms with Gasteiger partial charge in [0.05, 0.1) is 18.8 Å². The number of aliphatic hydroxyl groups excluding tert-OH is 1. The number of nitrogens with one attached hydrogen (secondary N) is 1. The zero-order valence-corrected chi connectivity index (χ0v) is 13.6. The summed E-state index contributed by atoms with van der Waals surface area (Å²) in [6.45, 7) is 3.23. The summed E-state index contributed by atoms with van der Waals surface area (Å²) in [6, 6.07) is 7.93. The molecular formula is C16H24BrNO2. The first-order valence-electron chi connectivity index (χ1n) is 7.42. The molecule has 2 rings (SSSR count). The molecule has 0 radical (unpaired) electrons. The number of anilines is 1. The molecule has 1 unspecified atom stereocenters. The van der Waals surface area contributed by atoms with Crippen molar-refractivity contribution in [1.29, 1.82) is 0 Å². The maximum atomic E-state index is 9.96. The average molecular weight is 342 g/mol. The van der Waals surface area contributed by atoms with E-state index in [1.54, 1.807) is 0 Å². The molecule has 1 fully saturated rings. The maximum absolute atomic E-state index is 9.96. The predicted molar refractivity (Wildman–Crippen MR) is 86.0 cm³/mol. The quantitative estimate of drug-likeness (QED) is 0.826. The number of benzene rings is 1. The van der Waals surface area contributed by atoms with Crippen molar-refractivity contribution < 1.29 is 9.84 Å². The maximum Gasteiger partial charge on any atom is 0.0945 e. The Morgan fingerprint density at radius 1 is 1.35 bits per heavy atom. The second kappa shape index (κ2) is 8.01. The monoisotopic (exact) mass is 341 g/mol. The fourth-order valence-electron chi connectivity index (χ4n) is 2.54. The van der Waals surface area contributed by atoms with Crippen LogP contribution in [0, 0.1) is 5.92 Å². The summed E-state index contributed by atoms with van der Waals surface area (Å²) in [5.41, 5.74) is 1.00. The van der Waals surface area contributed by atoms with Crippen molar-refractivity contribution in [3.8, 4) is 0 Å². The van der Waals surface area contributed by atoms with Gasteiger partial charge in [-0.3, -0.25) is 0 Å². The zero-order valence-electron chi connectivity index (χ0n) is 12.0. The minimum atomic E-state index is -0.465. The Labute approximate surface area is 129 Å². The van der Waals surface area contributed by atoms with Crippen LogP contribution in [0.2, 0.25) is 0 Å². The van der Waals surface area contributed by atoms with E-state index >= 15 is 0 Å². The molecular weight excluding hydrogens is 318 g/mol. The van der Waals surface area contributed by atoms with Crippen LogP contribution in [0.1, 0.15) is 32.6 Å². The van der Waals surface area contributed by atoms with Gasteiger partial charge in [0.25, 0.3) is 0 Å². The lowest BCUT2D eigenvalue weighted by Crippen LogP contribution is -2.29. The van der Waals surface area contributed by atoms with Crippen LogP contribution in [-0.4, -0.2) is 30.5 Å². The molecule has 1 aromatic rings. The highest BCUT2D eigenvalue weighted by Gasteiger charge is 2.19. The summed E-state index contributed by atoms with van der Waals surface area (Å²) in [7, 11) is 0. The highest BCUT2D eigenvalue weighted by molar-refractivity contribution is 9.10. The molecule has 4 heteroatoms. The third-order valence-electron chi connectivity index (χ3n) is 3.85. The van der Waals surface area contributed by atoms with Crippen molar-refractivity contribution in [3.05, 3.63) is 28.7 Å². The number of hydrogen-bond donors (Lipinski definition) is 2. The molecule has 0 aromatic heterocycles. The van der Waals surface area contributed by atoms with Gasteiger partial charge in [-0.1, -0.05) is 28.9 Å². The molecule has 1 saturated carbocycles. The largest absolute Gasteiger partial charge is 0.389 e. The van der Waals surface area contributed by atoms with E-state index < -0.39 is 6.10 Å². The second-order valence-electron chi connectivity index (χ2n) is 5.76. The average Bonchev–Trinajstić information content (AvgIpc) is 2.45. The third kappa shape index (κ3) is 5.43. The van der Waals surface area contributed by atoms with Gasteiger partial charge in [0.2, 0.25) is 0 Å². The van der Waals surface area contributed by atoms with Gasteiger partial charge in [-0.15, -0.1) is 0 Å². The van der Waals surface area contributed by atoms with Crippen LogP contribution in [0.4, 0.5) is 5.69 Å². The molecule has 1 aromatic carbocycles. The second-order valence-corrected chi connectivity index (χ2v) is 6.68. The van der Waals surface area contributed by atoms with E-state index in [-0.39, 0.29) is 0 Å². The Morgan fingerprint density at radius 2 is 2.10 bits per heavy atom. The van der Waals surface area contributed by atoms with E-state index in [1.165, 1.54) is 12.8 Å². The van der Waals surface area contributed by atoms with Crippen molar-refractivity contribution in [3.63, 3.8) is 0 Å². The summed E-state index contributed by atoms with van der Waals surface area (Å²) in [6.07, 6.45) is 4.63. The number of ether oxygens (including phenoxy) is 1. The van der Waals surface area contributed by atoms with Gasteiger partial charge in [0, 0.05) is 16.7 Å². The number of halogens is 1. The fraction of sp³-hybridized carbons (Fsp3) is 0.625. The van der Waals surface area contributed by atoms with Gasteiger partial charge in [-0.2, -0.15) is 0 Å². The van der Waals surface area contributed by atoms with E-state index in [2.05, 4.69) is 28.2 Å². The Bertz CT molecular complexity index is 405. The van der Waals surface area contributed by atoms with Crippen molar-refractivity contribution in [2.45, 2.75) is 44.8 Å². The van der Waals surface area contributed by atoms with E-state index in [4.69, 9.17) is 4.74 Å². The molecule has 1 aliphatic carbocycles. The normalized spacial score (nSPS) is 24.4. The molecule has 0 aliphatic heterocycles. The molecule has 0 spiro atoms. The van der Waals surface area contributed by atoms with Gasteiger partial charge in [-0.05, 0) is 49.8 Å². The van der Waals surface area contributed by atoms with Crippen LogP contribution in [0.5, 0.6) is 0 Å². The number of rotatable bonds is 6. The van der Waals surface area contributed by atoms with Crippen LogP contribution >= 0.6 is 15.9 Å². The molecule has 1 aliphatic rings. The predicted octanol–water partition coefficient (Wildman–Crippen LogP) is 3.82. The highest BCUT2D eigenvalue weighted by atomic mass is 79.9. The fourth-order valence-corrected chi connectivity index (χ4v) is 2.94. The summed E-state index contributed by atoms with van der Waals surface area (Å²) < 4.78 is 6.84. The summed E-state index contributed by atoms with van der Waals surface area (Å²) in [4.78, 5) is 0. The van der Waals surface area contributed by atoms with Crippen molar-refractivity contribution in [2.24, 2.45) is 5.92 Å². The van der Waals surface area contributed by atoms with Crippen LogP contribution in [0.25, 0.3) is 0 Å². The smallest absolute Gasteiger partial charge is 0.0945 e. The van der Waals surface area contributed by atoms with E-state index in [1.807, 2.05) is 24.3 Å². The lowest BCUT2D eigenvalue weighted by molar-refractivity contribution is -0.0245. The van der Waals surface area contributed by atoms with Crippen LogP contribution in [0.3, 0.4) is 0 Å². The Hall–Kier alpha value is -0.580. The minimum absolute atomic E-state index is 0.340. The van der Waals surface area contributed by atoms with Gasteiger partial charge in [-0.25, -0.2) is 0 Å². The highest BCUT2D eigenvalue weighted by Crippen LogP contribution is 2.25. The molecule has 0 heterocycles. The first kappa shape index (κ1) is 15.8. The van der Waals surface area contributed by atoms with E-state index in [0.29, 0.717) is 19.3 Å². The lowest BCUT2D eigenvalue weighted by atomic mass is 9.89. The molecule has 1 atom stereocenters. The first-order chi connectivity index (χ1) is 9.63. The lowest BCUT2D eigenvalue weighted by Gasteiger charge is -2.27. The first-order valence-corrected chi connectivity index (χ1v) is 8.22. The molecule has 0 amide bonds. The van der Waals surface area contributed by atoms with E-state index in [9.17, 15) is 5.11 Å². The van der Waals surface area contributed by atoms with Crippen molar-refractivity contribution in [1.82, 2.24) is 0 Å². The van der Waals surface area contributed by atoms with Crippen LogP contribution < -0.4 is 5.32 Å². The Balaban J connectivity index is 1.64.